The minimum Gasteiger partial charge on any atom is -0.377 e. The van der Waals surface area contributed by atoms with Gasteiger partial charge in [0.1, 0.15) is 12.0 Å². The first-order valence-electron chi connectivity index (χ1n) is 13.2. The van der Waals surface area contributed by atoms with E-state index in [1.807, 2.05) is 56.1 Å². The summed E-state index contributed by atoms with van der Waals surface area (Å²) < 4.78 is 7.74. The van der Waals surface area contributed by atoms with E-state index >= 15 is 0 Å². The normalized spacial score (nSPS) is 13.5. The predicted octanol–water partition coefficient (Wildman–Crippen LogP) is 4.79. The molecule has 11 nitrogen and oxygen atoms in total. The summed E-state index contributed by atoms with van der Waals surface area (Å²) in [5, 5.41) is 16.3. The lowest BCUT2D eigenvalue weighted by Gasteiger charge is -2.22. The van der Waals surface area contributed by atoms with Crippen LogP contribution in [0.15, 0.2) is 48.8 Å². The molecule has 0 radical (unpaired) electrons. The van der Waals surface area contributed by atoms with E-state index in [-0.39, 0.29) is 10.6 Å². The number of nitrogens with zero attached hydrogens (tertiary/aromatic N) is 7. The summed E-state index contributed by atoms with van der Waals surface area (Å²) in [5.74, 6) is 0.847. The zero-order valence-electron chi connectivity index (χ0n) is 23.5. The van der Waals surface area contributed by atoms with Gasteiger partial charge in [-0.1, -0.05) is 24.3 Å². The quantitative estimate of drug-likeness (QED) is 0.235. The van der Waals surface area contributed by atoms with Gasteiger partial charge < -0.3 is 24.4 Å². The molecule has 0 saturated carbocycles. The van der Waals surface area contributed by atoms with Crippen LogP contribution in [-0.4, -0.2) is 76.8 Å². The van der Waals surface area contributed by atoms with E-state index in [4.69, 9.17) is 9.72 Å². The number of hydrogen-bond acceptors (Lipinski definition) is 9. The highest BCUT2D eigenvalue weighted by molar-refractivity contribution is 6.01. The van der Waals surface area contributed by atoms with E-state index in [1.54, 1.807) is 6.07 Å². The summed E-state index contributed by atoms with van der Waals surface area (Å²) in [7, 11) is 7.88. The second-order valence-corrected chi connectivity index (χ2v) is 10.2. The molecule has 0 amide bonds. The maximum Gasteiger partial charge on any atom is 0.294 e. The van der Waals surface area contributed by atoms with Crippen molar-refractivity contribution in [2.45, 2.75) is 13.3 Å². The summed E-state index contributed by atoms with van der Waals surface area (Å²) in [4.78, 5) is 29.3. The third kappa shape index (κ3) is 5.38. The molecule has 3 heterocycles. The molecule has 1 aliphatic heterocycles. The van der Waals surface area contributed by atoms with Crippen LogP contribution in [0.3, 0.4) is 0 Å². The van der Waals surface area contributed by atoms with Crippen LogP contribution in [0.1, 0.15) is 17.7 Å². The smallest absolute Gasteiger partial charge is 0.294 e. The third-order valence-electron chi connectivity index (χ3n) is 7.23. The first-order chi connectivity index (χ1) is 19.2. The average Bonchev–Trinajstić information content (AvgIpc) is 3.25. The number of anilines is 3. The zero-order valence-corrected chi connectivity index (χ0v) is 23.5. The van der Waals surface area contributed by atoms with Gasteiger partial charge >= 0.3 is 0 Å². The number of hydrogen-bond donors (Lipinski definition) is 1. The molecule has 2 aromatic carbocycles. The second-order valence-electron chi connectivity index (χ2n) is 10.2. The van der Waals surface area contributed by atoms with Crippen molar-refractivity contribution >= 4 is 39.5 Å². The number of likely N-dealkylation sites (N-methyl/N-ethyl adjacent to an activating group) is 2. The molecule has 11 heteroatoms. The minimum absolute atomic E-state index is 0.0198. The molecule has 0 atom stereocenters. The molecule has 0 aliphatic carbocycles. The molecule has 1 aliphatic rings. The number of benzene rings is 2. The van der Waals surface area contributed by atoms with Gasteiger partial charge in [-0.2, -0.15) is 4.98 Å². The van der Waals surface area contributed by atoms with Gasteiger partial charge in [-0.15, -0.1) is 0 Å². The van der Waals surface area contributed by atoms with Crippen molar-refractivity contribution in [3.05, 3.63) is 70.2 Å². The molecule has 0 saturated heterocycles. The molecule has 0 unspecified atom stereocenters. The second kappa shape index (κ2) is 11.4. The predicted molar refractivity (Wildman–Crippen MR) is 158 cm³/mol. The molecular weight excluding hydrogens is 508 g/mol. The van der Waals surface area contributed by atoms with E-state index in [9.17, 15) is 10.1 Å². The molecule has 0 spiro atoms. The molecule has 0 bridgehead atoms. The third-order valence-corrected chi connectivity index (χ3v) is 7.23. The fourth-order valence-corrected chi connectivity index (χ4v) is 5.07. The van der Waals surface area contributed by atoms with Gasteiger partial charge in [0.05, 0.1) is 35.1 Å². The Labute approximate surface area is 233 Å². The number of nitro groups is 1. The molecule has 40 heavy (non-hydrogen) atoms. The van der Waals surface area contributed by atoms with Gasteiger partial charge in [0.25, 0.3) is 5.69 Å². The standard InChI is InChI=1S/C29H34N8O3/c1-19-16-24(35(4)13-12-34(2)3)25(37(38)39)17-22(19)32-29-31-18-30-28(33-29)26-21-8-6-7-9-23(21)36(5)27(26)20-10-14-40-15-11-20/h6-10,16-18H,11-15H2,1-5H3,(H,30,31,32,33). The highest BCUT2D eigenvalue weighted by Crippen LogP contribution is 2.39. The van der Waals surface area contributed by atoms with Crippen molar-refractivity contribution in [2.24, 2.45) is 7.05 Å². The van der Waals surface area contributed by atoms with Crippen LogP contribution >= 0.6 is 0 Å². The van der Waals surface area contributed by atoms with E-state index in [0.29, 0.717) is 42.9 Å². The Morgan fingerprint density at radius 1 is 1.15 bits per heavy atom. The lowest BCUT2D eigenvalue weighted by Crippen LogP contribution is -2.29. The van der Waals surface area contributed by atoms with Crippen LogP contribution in [0.4, 0.5) is 23.0 Å². The lowest BCUT2D eigenvalue weighted by atomic mass is 10.0. The van der Waals surface area contributed by atoms with Gasteiger partial charge in [0, 0.05) is 44.2 Å². The van der Waals surface area contributed by atoms with E-state index in [2.05, 4.69) is 45.1 Å². The van der Waals surface area contributed by atoms with Crippen LogP contribution in [0, 0.1) is 17.0 Å². The summed E-state index contributed by atoms with van der Waals surface area (Å²) >= 11 is 0. The molecular formula is C29H34N8O3. The van der Waals surface area contributed by atoms with Crippen molar-refractivity contribution in [2.75, 3.05) is 57.7 Å². The van der Waals surface area contributed by atoms with E-state index in [1.165, 1.54) is 11.9 Å². The highest BCUT2D eigenvalue weighted by Gasteiger charge is 2.24. The summed E-state index contributed by atoms with van der Waals surface area (Å²) in [6.45, 7) is 4.58. The lowest BCUT2D eigenvalue weighted by molar-refractivity contribution is -0.384. The fraction of sp³-hybridized carbons (Fsp3) is 0.345. The van der Waals surface area contributed by atoms with Crippen LogP contribution in [0.2, 0.25) is 0 Å². The number of nitro benzene ring substituents is 1. The van der Waals surface area contributed by atoms with E-state index < -0.39 is 0 Å². The van der Waals surface area contributed by atoms with E-state index in [0.717, 1.165) is 40.7 Å². The Kier molecular flexibility index (Phi) is 7.76. The van der Waals surface area contributed by atoms with Crippen molar-refractivity contribution in [3.63, 3.8) is 0 Å². The first kappa shape index (κ1) is 27.2. The van der Waals surface area contributed by atoms with Gasteiger partial charge in [0.2, 0.25) is 5.95 Å². The van der Waals surface area contributed by atoms with Gasteiger partial charge in [-0.25, -0.2) is 9.97 Å². The fourth-order valence-electron chi connectivity index (χ4n) is 5.07. The summed E-state index contributed by atoms with van der Waals surface area (Å²) in [6, 6.07) is 11.6. The van der Waals surface area contributed by atoms with Crippen molar-refractivity contribution in [3.8, 4) is 11.4 Å². The van der Waals surface area contributed by atoms with Gasteiger partial charge in [0.15, 0.2) is 5.82 Å². The topological polar surface area (TPSA) is 114 Å². The molecule has 0 fully saturated rings. The zero-order chi connectivity index (χ0) is 28.4. The number of para-hydroxylation sites is 1. The highest BCUT2D eigenvalue weighted by atomic mass is 16.6. The van der Waals surface area contributed by atoms with Crippen LogP contribution < -0.4 is 10.2 Å². The summed E-state index contributed by atoms with van der Waals surface area (Å²) in [6.07, 6.45) is 4.38. The molecule has 2 aromatic heterocycles. The molecule has 1 N–H and O–H groups in total. The number of aryl methyl sites for hydroxylation is 2. The van der Waals surface area contributed by atoms with Crippen LogP contribution in [0.25, 0.3) is 27.9 Å². The Morgan fingerprint density at radius 3 is 2.67 bits per heavy atom. The summed E-state index contributed by atoms with van der Waals surface area (Å²) in [5.41, 5.74) is 6.25. The first-order valence-corrected chi connectivity index (χ1v) is 13.2. The van der Waals surface area contributed by atoms with Gasteiger partial charge in [-0.3, -0.25) is 10.1 Å². The largest absolute Gasteiger partial charge is 0.377 e. The number of fused-ring (bicyclic) bond motifs is 1. The van der Waals surface area contributed by atoms with Crippen LogP contribution in [-0.2, 0) is 11.8 Å². The molecule has 208 valence electrons. The Hall–Kier alpha value is -4.35. The monoisotopic (exact) mass is 542 g/mol. The maximum atomic E-state index is 12.0. The number of nitrogens with one attached hydrogen (secondary N) is 1. The number of ether oxygens (including phenoxy) is 1. The number of aromatic nitrogens is 4. The number of rotatable bonds is 9. The Balaban J connectivity index is 1.54. The average molecular weight is 543 g/mol. The van der Waals surface area contributed by atoms with Gasteiger partial charge in [-0.05, 0) is 50.7 Å². The Bertz CT molecular complexity index is 1590. The van der Waals surface area contributed by atoms with Crippen LogP contribution in [0.5, 0.6) is 0 Å². The molecule has 5 rings (SSSR count). The SMILES string of the molecule is Cc1cc(N(C)CCN(C)C)c([N+](=O)[O-])cc1Nc1ncnc(-c2c(C3=CCOCC3)n(C)c3ccccc23)n1. The minimum atomic E-state index is -0.352. The maximum absolute atomic E-state index is 12.0. The van der Waals surface area contributed by atoms with Crippen molar-refractivity contribution in [1.82, 2.24) is 24.4 Å². The van der Waals surface area contributed by atoms with Crippen molar-refractivity contribution in [1.29, 1.82) is 0 Å². The van der Waals surface area contributed by atoms with Crippen molar-refractivity contribution < 1.29 is 9.66 Å². The molecule has 4 aromatic rings. The Morgan fingerprint density at radius 2 is 1.95 bits per heavy atom.